The molecule has 1 aromatic heterocycles. The van der Waals surface area contributed by atoms with Crippen LogP contribution in [0.2, 0.25) is 0 Å². The van der Waals surface area contributed by atoms with Crippen molar-refractivity contribution in [3.63, 3.8) is 0 Å². The zero-order chi connectivity index (χ0) is 18.7. The molecule has 0 aliphatic carbocycles. The van der Waals surface area contributed by atoms with Gasteiger partial charge in [-0.3, -0.25) is 4.79 Å². The van der Waals surface area contributed by atoms with E-state index in [1.54, 1.807) is 37.3 Å². The van der Waals surface area contributed by atoms with Crippen molar-refractivity contribution in [3.8, 4) is 0 Å². The number of amides is 1. The fourth-order valence-electron chi connectivity index (χ4n) is 2.49. The smallest absolute Gasteiger partial charge is 0.272 e. The van der Waals surface area contributed by atoms with Crippen LogP contribution in [0.15, 0.2) is 58.7 Å². The van der Waals surface area contributed by atoms with Gasteiger partial charge in [0.25, 0.3) is 5.91 Å². The first-order valence-corrected chi connectivity index (χ1v) is 7.85. The molecule has 0 saturated carbocycles. The summed E-state index contributed by atoms with van der Waals surface area (Å²) in [6, 6.07) is 14.4. The molecule has 26 heavy (non-hydrogen) atoms. The Kier molecular flexibility index (Phi) is 4.57. The standard InChI is InChI=1S/C18H19N7O/c1-10(24-25-18(20)21)11-5-6-15-12(7-11)8-16(23-15)17(26)22-14-4-2-3-13(19)9-14/h2-9,23H,19H2,1H3,(H,22,26)(H4,20,21,25)/b24-10+. The van der Waals surface area contributed by atoms with Gasteiger partial charge in [0, 0.05) is 22.3 Å². The van der Waals surface area contributed by atoms with Crippen molar-refractivity contribution in [2.24, 2.45) is 21.7 Å². The number of H-pyrrole nitrogens is 1. The van der Waals surface area contributed by atoms with Crippen molar-refractivity contribution in [2.45, 2.75) is 6.92 Å². The molecule has 0 unspecified atom stereocenters. The predicted octanol–water partition coefficient (Wildman–Crippen LogP) is 2.00. The molecule has 132 valence electrons. The van der Waals surface area contributed by atoms with E-state index in [0.717, 1.165) is 16.5 Å². The Labute approximate surface area is 149 Å². The molecule has 0 aliphatic rings. The number of hydrogen-bond donors (Lipinski definition) is 5. The number of guanidine groups is 1. The van der Waals surface area contributed by atoms with E-state index in [4.69, 9.17) is 17.2 Å². The number of anilines is 2. The fourth-order valence-corrected chi connectivity index (χ4v) is 2.49. The van der Waals surface area contributed by atoms with Gasteiger partial charge in [-0.25, -0.2) is 0 Å². The molecule has 8 heteroatoms. The SMILES string of the molecule is C/C(=N\N=C(N)N)c1ccc2[nH]c(C(=O)Nc3cccc(N)c3)cc2c1. The molecule has 0 fully saturated rings. The quantitative estimate of drug-likeness (QED) is 0.212. The molecule has 0 saturated heterocycles. The van der Waals surface area contributed by atoms with E-state index in [1.807, 2.05) is 18.2 Å². The lowest BCUT2D eigenvalue weighted by molar-refractivity contribution is 0.102. The van der Waals surface area contributed by atoms with E-state index >= 15 is 0 Å². The Hall–Kier alpha value is -3.81. The predicted molar refractivity (Wildman–Crippen MR) is 105 cm³/mol. The van der Waals surface area contributed by atoms with Crippen LogP contribution < -0.4 is 22.5 Å². The van der Waals surface area contributed by atoms with Crippen molar-refractivity contribution in [2.75, 3.05) is 11.1 Å². The van der Waals surface area contributed by atoms with Crippen LogP contribution in [-0.2, 0) is 0 Å². The third-order valence-electron chi connectivity index (χ3n) is 3.74. The second kappa shape index (κ2) is 6.98. The lowest BCUT2D eigenvalue weighted by atomic mass is 10.1. The lowest BCUT2D eigenvalue weighted by Gasteiger charge is -2.04. The number of nitrogens with two attached hydrogens (primary N) is 3. The van der Waals surface area contributed by atoms with E-state index in [1.165, 1.54) is 0 Å². The van der Waals surface area contributed by atoms with Crippen LogP contribution in [0.4, 0.5) is 11.4 Å². The van der Waals surface area contributed by atoms with E-state index in [-0.39, 0.29) is 11.9 Å². The number of carbonyl (C=O) groups is 1. The highest BCUT2D eigenvalue weighted by atomic mass is 16.1. The second-order valence-corrected chi connectivity index (χ2v) is 5.77. The van der Waals surface area contributed by atoms with Gasteiger partial charge in [0.1, 0.15) is 5.69 Å². The molecule has 0 bridgehead atoms. The van der Waals surface area contributed by atoms with Crippen molar-refractivity contribution >= 4 is 39.9 Å². The first-order chi connectivity index (χ1) is 12.4. The summed E-state index contributed by atoms with van der Waals surface area (Å²) in [6.45, 7) is 1.80. The second-order valence-electron chi connectivity index (χ2n) is 5.77. The van der Waals surface area contributed by atoms with Gasteiger partial charge >= 0.3 is 0 Å². The first-order valence-electron chi connectivity index (χ1n) is 7.85. The van der Waals surface area contributed by atoms with Gasteiger partial charge in [-0.2, -0.15) is 5.10 Å². The number of nitrogens with zero attached hydrogens (tertiary/aromatic N) is 2. The first kappa shape index (κ1) is 17.0. The molecular weight excluding hydrogens is 330 g/mol. The molecule has 0 atom stereocenters. The zero-order valence-electron chi connectivity index (χ0n) is 14.2. The monoisotopic (exact) mass is 349 g/mol. The number of rotatable bonds is 4. The average molecular weight is 349 g/mol. The molecule has 8 nitrogen and oxygen atoms in total. The third kappa shape index (κ3) is 3.81. The van der Waals surface area contributed by atoms with E-state index in [9.17, 15) is 4.79 Å². The Bertz CT molecular complexity index is 1030. The summed E-state index contributed by atoms with van der Waals surface area (Å²) >= 11 is 0. The molecule has 0 spiro atoms. The largest absolute Gasteiger partial charge is 0.399 e. The third-order valence-corrected chi connectivity index (χ3v) is 3.74. The van der Waals surface area contributed by atoms with Gasteiger partial charge < -0.3 is 27.5 Å². The Morgan fingerprint density at radius 1 is 1.08 bits per heavy atom. The van der Waals surface area contributed by atoms with Crippen molar-refractivity contribution in [3.05, 3.63) is 59.8 Å². The summed E-state index contributed by atoms with van der Waals surface area (Å²) in [5.74, 6) is -0.355. The van der Waals surface area contributed by atoms with Gasteiger partial charge in [-0.1, -0.05) is 12.1 Å². The minimum absolute atomic E-state index is 0.104. The highest BCUT2D eigenvalue weighted by Crippen LogP contribution is 2.19. The normalized spacial score (nSPS) is 11.3. The van der Waals surface area contributed by atoms with Crippen LogP contribution in [0.3, 0.4) is 0 Å². The van der Waals surface area contributed by atoms with E-state index in [0.29, 0.717) is 22.8 Å². The maximum Gasteiger partial charge on any atom is 0.272 e. The number of nitrogens with one attached hydrogen (secondary N) is 2. The highest BCUT2D eigenvalue weighted by Gasteiger charge is 2.11. The molecule has 8 N–H and O–H groups in total. The summed E-state index contributed by atoms with van der Waals surface area (Å²) < 4.78 is 0. The Morgan fingerprint density at radius 2 is 1.88 bits per heavy atom. The minimum atomic E-state index is -0.251. The van der Waals surface area contributed by atoms with Crippen LogP contribution in [-0.4, -0.2) is 22.6 Å². The van der Waals surface area contributed by atoms with Gasteiger partial charge in [-0.15, -0.1) is 5.10 Å². The molecule has 1 heterocycles. The average Bonchev–Trinajstić information content (AvgIpc) is 3.03. The lowest BCUT2D eigenvalue weighted by Crippen LogP contribution is -2.22. The Balaban J connectivity index is 1.86. The van der Waals surface area contributed by atoms with Gasteiger partial charge in [0.2, 0.25) is 5.96 Å². The summed E-state index contributed by atoms with van der Waals surface area (Å²) in [5.41, 5.74) is 20.3. The zero-order valence-corrected chi connectivity index (χ0v) is 14.2. The molecule has 3 rings (SSSR count). The summed E-state index contributed by atoms with van der Waals surface area (Å²) in [4.78, 5) is 15.5. The molecule has 0 aliphatic heterocycles. The maximum atomic E-state index is 12.4. The molecule has 2 aromatic carbocycles. The van der Waals surface area contributed by atoms with Crippen LogP contribution in [0.5, 0.6) is 0 Å². The molecule has 1 amide bonds. The number of carbonyl (C=O) groups excluding carboxylic acids is 1. The molecular formula is C18H19N7O. The number of benzene rings is 2. The summed E-state index contributed by atoms with van der Waals surface area (Å²) in [7, 11) is 0. The topological polar surface area (TPSA) is 148 Å². The fraction of sp³-hybridized carbons (Fsp3) is 0.0556. The molecule has 0 radical (unpaired) electrons. The minimum Gasteiger partial charge on any atom is -0.399 e. The van der Waals surface area contributed by atoms with Crippen LogP contribution >= 0.6 is 0 Å². The highest BCUT2D eigenvalue weighted by molar-refractivity contribution is 6.07. The van der Waals surface area contributed by atoms with Crippen LogP contribution in [0.25, 0.3) is 10.9 Å². The van der Waals surface area contributed by atoms with Gasteiger partial charge in [0.05, 0.1) is 5.71 Å². The van der Waals surface area contributed by atoms with Crippen molar-refractivity contribution in [1.82, 2.24) is 4.98 Å². The summed E-state index contributed by atoms with van der Waals surface area (Å²) in [5, 5.41) is 11.3. The van der Waals surface area contributed by atoms with E-state index < -0.39 is 0 Å². The van der Waals surface area contributed by atoms with Crippen molar-refractivity contribution in [1.29, 1.82) is 0 Å². The van der Waals surface area contributed by atoms with Crippen LogP contribution in [0, 0.1) is 0 Å². The number of aromatic amines is 1. The molecule has 3 aromatic rings. The van der Waals surface area contributed by atoms with Gasteiger partial charge in [-0.05, 0) is 48.9 Å². The number of nitrogen functional groups attached to an aromatic ring is 1. The number of aromatic nitrogens is 1. The number of hydrogen-bond acceptors (Lipinski definition) is 4. The van der Waals surface area contributed by atoms with Gasteiger partial charge in [0.15, 0.2) is 0 Å². The summed E-state index contributed by atoms with van der Waals surface area (Å²) in [6.07, 6.45) is 0. The van der Waals surface area contributed by atoms with E-state index in [2.05, 4.69) is 20.5 Å². The van der Waals surface area contributed by atoms with Crippen molar-refractivity contribution < 1.29 is 4.79 Å². The van der Waals surface area contributed by atoms with Crippen LogP contribution in [0.1, 0.15) is 23.0 Å². The Morgan fingerprint density at radius 3 is 2.62 bits per heavy atom. The maximum absolute atomic E-state index is 12.4. The number of fused-ring (bicyclic) bond motifs is 1.